The number of carbonyl (C=O) groups excluding carboxylic acids is 1. The van der Waals surface area contributed by atoms with Crippen LogP contribution in [-0.4, -0.2) is 5.91 Å². The first-order valence-electron chi connectivity index (χ1n) is 3.03. The van der Waals surface area contributed by atoms with Gasteiger partial charge in [0.05, 0.1) is 5.56 Å². The number of amides is 1. The zero-order valence-corrected chi connectivity index (χ0v) is 7.70. The van der Waals surface area contributed by atoms with Gasteiger partial charge in [-0.05, 0) is 12.1 Å². The van der Waals surface area contributed by atoms with Crippen molar-refractivity contribution in [3.8, 4) is 0 Å². The van der Waals surface area contributed by atoms with Gasteiger partial charge < -0.3 is 5.73 Å². The van der Waals surface area contributed by atoms with Gasteiger partial charge in [0.25, 0.3) is 0 Å². The Hall–Kier alpha value is -0.680. The predicted octanol–water partition coefficient (Wildman–Crippen LogP) is 1.50. The molecule has 0 saturated carbocycles. The van der Waals surface area contributed by atoms with Crippen molar-refractivity contribution in [2.24, 2.45) is 5.73 Å². The van der Waals surface area contributed by atoms with Gasteiger partial charge in [-0.3, -0.25) is 4.79 Å². The molecular formula is C7H6FNOS2. The third kappa shape index (κ3) is 1.73. The van der Waals surface area contributed by atoms with Gasteiger partial charge in [0.2, 0.25) is 5.91 Å². The topological polar surface area (TPSA) is 43.1 Å². The number of nitrogens with two attached hydrogens (primary N) is 1. The number of thiol groups is 2. The summed E-state index contributed by atoms with van der Waals surface area (Å²) in [4.78, 5) is 11.0. The van der Waals surface area contributed by atoms with Crippen molar-refractivity contribution in [1.82, 2.24) is 0 Å². The van der Waals surface area contributed by atoms with Crippen molar-refractivity contribution in [2.75, 3.05) is 0 Å². The molecule has 0 aliphatic heterocycles. The lowest BCUT2D eigenvalue weighted by Gasteiger charge is -2.02. The molecule has 1 rings (SSSR count). The molecule has 0 bridgehead atoms. The van der Waals surface area contributed by atoms with E-state index < -0.39 is 11.7 Å². The second-order valence-corrected chi connectivity index (χ2v) is 3.15. The molecule has 1 aromatic rings. The molecule has 2 N–H and O–H groups in total. The van der Waals surface area contributed by atoms with Crippen molar-refractivity contribution < 1.29 is 9.18 Å². The molecule has 0 radical (unpaired) electrons. The minimum atomic E-state index is -0.643. The first kappa shape index (κ1) is 9.41. The van der Waals surface area contributed by atoms with E-state index in [0.717, 1.165) is 6.07 Å². The van der Waals surface area contributed by atoms with Crippen molar-refractivity contribution in [3.63, 3.8) is 0 Å². The normalized spacial score (nSPS) is 9.92. The number of carbonyl (C=O) groups is 1. The standard InChI is InChI=1S/C7H6FNOS2/c8-4-2-5(11)3(7(9)10)1-6(4)12/h1-2,11-12H,(H2,9,10). The zero-order valence-electron chi connectivity index (χ0n) is 5.91. The molecule has 0 saturated heterocycles. The number of hydrogen-bond donors (Lipinski definition) is 3. The Labute approximate surface area is 79.8 Å². The smallest absolute Gasteiger partial charge is 0.249 e. The molecule has 5 heteroatoms. The summed E-state index contributed by atoms with van der Waals surface area (Å²) < 4.78 is 12.7. The highest BCUT2D eigenvalue weighted by molar-refractivity contribution is 7.80. The molecule has 1 amide bonds. The van der Waals surface area contributed by atoms with Gasteiger partial charge in [-0.2, -0.15) is 0 Å². The molecule has 0 unspecified atom stereocenters. The highest BCUT2D eigenvalue weighted by atomic mass is 32.1. The second kappa shape index (κ2) is 3.37. The maximum Gasteiger partial charge on any atom is 0.249 e. The Morgan fingerprint density at radius 3 is 2.42 bits per heavy atom. The molecule has 0 aliphatic carbocycles. The van der Waals surface area contributed by atoms with Gasteiger partial charge in [-0.1, -0.05) is 0 Å². The Bertz CT molecular complexity index is 340. The van der Waals surface area contributed by atoms with Crippen LogP contribution in [0.5, 0.6) is 0 Å². The maximum absolute atomic E-state index is 12.7. The number of rotatable bonds is 1. The molecule has 0 fully saturated rings. The molecule has 0 spiro atoms. The van der Waals surface area contributed by atoms with Gasteiger partial charge in [-0.25, -0.2) is 4.39 Å². The fourth-order valence-corrected chi connectivity index (χ4v) is 1.23. The van der Waals surface area contributed by atoms with E-state index in [2.05, 4.69) is 25.3 Å². The predicted molar refractivity (Wildman–Crippen MR) is 49.4 cm³/mol. The first-order valence-corrected chi connectivity index (χ1v) is 3.93. The molecule has 1 aromatic carbocycles. The van der Waals surface area contributed by atoms with Crippen LogP contribution >= 0.6 is 25.3 Å². The largest absolute Gasteiger partial charge is 0.366 e. The molecule has 12 heavy (non-hydrogen) atoms. The van der Waals surface area contributed by atoms with E-state index in [1.807, 2.05) is 0 Å². The summed E-state index contributed by atoms with van der Waals surface area (Å²) in [5.41, 5.74) is 5.16. The van der Waals surface area contributed by atoms with Crippen LogP contribution in [0.1, 0.15) is 10.4 Å². The molecule has 64 valence electrons. The molecular weight excluding hydrogens is 197 g/mol. The van der Waals surface area contributed by atoms with Crippen LogP contribution in [0.2, 0.25) is 0 Å². The van der Waals surface area contributed by atoms with Crippen LogP contribution in [0.4, 0.5) is 4.39 Å². The van der Waals surface area contributed by atoms with Crippen molar-refractivity contribution in [3.05, 3.63) is 23.5 Å². The van der Waals surface area contributed by atoms with Crippen LogP contribution in [0.25, 0.3) is 0 Å². The Kier molecular flexibility index (Phi) is 2.64. The van der Waals surface area contributed by atoms with Crippen LogP contribution in [-0.2, 0) is 0 Å². The van der Waals surface area contributed by atoms with Gasteiger partial charge >= 0.3 is 0 Å². The summed E-state index contributed by atoms with van der Waals surface area (Å²) >= 11 is 7.67. The van der Waals surface area contributed by atoms with Crippen molar-refractivity contribution >= 4 is 31.2 Å². The van der Waals surface area contributed by atoms with Crippen molar-refractivity contribution in [2.45, 2.75) is 9.79 Å². The average Bonchev–Trinajstić information content (AvgIpc) is 1.96. The van der Waals surface area contributed by atoms with Crippen molar-refractivity contribution in [1.29, 1.82) is 0 Å². The molecule has 0 aromatic heterocycles. The number of benzene rings is 1. The monoisotopic (exact) mass is 203 g/mol. The third-order valence-corrected chi connectivity index (χ3v) is 2.04. The Morgan fingerprint density at radius 2 is 1.92 bits per heavy atom. The average molecular weight is 203 g/mol. The first-order chi connectivity index (χ1) is 5.52. The fourth-order valence-electron chi connectivity index (χ4n) is 0.749. The summed E-state index contributed by atoms with van der Waals surface area (Å²) in [6, 6.07) is 2.36. The van der Waals surface area contributed by atoms with E-state index in [9.17, 15) is 9.18 Å². The van der Waals surface area contributed by atoms with Crippen LogP contribution in [0.3, 0.4) is 0 Å². The summed E-state index contributed by atoms with van der Waals surface area (Å²) in [5, 5.41) is 0. The number of hydrogen-bond acceptors (Lipinski definition) is 3. The second-order valence-electron chi connectivity index (χ2n) is 2.19. The minimum absolute atomic E-state index is 0.0848. The fraction of sp³-hybridized carbons (Fsp3) is 0. The zero-order chi connectivity index (χ0) is 9.30. The third-order valence-electron chi connectivity index (χ3n) is 1.33. The molecule has 0 heterocycles. The van der Waals surface area contributed by atoms with E-state index in [4.69, 9.17) is 5.73 Å². The maximum atomic E-state index is 12.7. The van der Waals surface area contributed by atoms with E-state index in [1.165, 1.54) is 6.07 Å². The highest BCUT2D eigenvalue weighted by Crippen LogP contribution is 2.21. The van der Waals surface area contributed by atoms with Gasteiger partial charge in [0.1, 0.15) is 5.82 Å². The lowest BCUT2D eigenvalue weighted by Crippen LogP contribution is -2.12. The van der Waals surface area contributed by atoms with E-state index in [1.54, 1.807) is 0 Å². The summed E-state index contributed by atoms with van der Waals surface area (Å²) in [5.74, 6) is -1.16. The van der Waals surface area contributed by atoms with Gasteiger partial charge in [-0.15, -0.1) is 25.3 Å². The lowest BCUT2D eigenvalue weighted by atomic mass is 10.2. The highest BCUT2D eigenvalue weighted by Gasteiger charge is 2.08. The summed E-state index contributed by atoms with van der Waals surface area (Å²) in [6.07, 6.45) is 0. The SMILES string of the molecule is NC(=O)c1cc(S)c(F)cc1S. The van der Waals surface area contributed by atoms with E-state index in [-0.39, 0.29) is 15.4 Å². The lowest BCUT2D eigenvalue weighted by molar-refractivity contribution is 0.0997. The Balaban J connectivity index is 3.33. The van der Waals surface area contributed by atoms with Gasteiger partial charge in [0.15, 0.2) is 0 Å². The molecule has 2 nitrogen and oxygen atoms in total. The van der Waals surface area contributed by atoms with Gasteiger partial charge in [0, 0.05) is 9.79 Å². The minimum Gasteiger partial charge on any atom is -0.366 e. The van der Waals surface area contributed by atoms with Crippen LogP contribution in [0.15, 0.2) is 21.9 Å². The van der Waals surface area contributed by atoms with Crippen LogP contribution < -0.4 is 5.73 Å². The number of halogens is 1. The molecule has 0 atom stereocenters. The van der Waals surface area contributed by atoms with E-state index >= 15 is 0 Å². The summed E-state index contributed by atoms with van der Waals surface area (Å²) in [7, 11) is 0. The van der Waals surface area contributed by atoms with E-state index in [0.29, 0.717) is 0 Å². The number of primary amides is 1. The van der Waals surface area contributed by atoms with Crippen LogP contribution in [0, 0.1) is 5.82 Å². The summed E-state index contributed by atoms with van der Waals surface area (Å²) in [6.45, 7) is 0. The Morgan fingerprint density at radius 1 is 1.33 bits per heavy atom. The quantitative estimate of drug-likeness (QED) is 0.595. The molecule has 0 aliphatic rings.